The van der Waals surface area contributed by atoms with Gasteiger partial charge in [-0.3, -0.25) is 4.79 Å². The molecule has 3 unspecified atom stereocenters. The number of amides is 1. The second-order valence-electron chi connectivity index (χ2n) is 12.5. The van der Waals surface area contributed by atoms with Crippen LogP contribution in [0.4, 0.5) is 0 Å². The fraction of sp³-hybridized carbons (Fsp3) is 0.382. The van der Waals surface area contributed by atoms with Gasteiger partial charge >= 0.3 is 0 Å². The third-order valence-corrected chi connectivity index (χ3v) is 9.83. The van der Waals surface area contributed by atoms with Gasteiger partial charge in [-0.2, -0.15) is 0 Å². The Labute approximate surface area is 249 Å². The van der Waals surface area contributed by atoms with E-state index >= 15 is 0 Å². The molecular weight excluding hydrogens is 540 g/mol. The number of nitrogens with two attached hydrogens (primary N) is 1. The van der Waals surface area contributed by atoms with Crippen LogP contribution in [0.5, 0.6) is 5.75 Å². The minimum Gasteiger partial charge on any atom is -0.494 e. The molecule has 2 aromatic carbocycles. The second kappa shape index (κ2) is 9.92. The lowest BCUT2D eigenvalue weighted by atomic mass is 10.1. The van der Waals surface area contributed by atoms with Crippen molar-refractivity contribution in [3.63, 3.8) is 0 Å². The second-order valence-corrected chi connectivity index (χ2v) is 12.5. The summed E-state index contributed by atoms with van der Waals surface area (Å²) in [6.07, 6.45) is 4.49. The average Bonchev–Trinajstić information content (AvgIpc) is 3.44. The number of carbonyl (C=O) groups is 1. The van der Waals surface area contributed by atoms with Gasteiger partial charge < -0.3 is 29.6 Å². The highest BCUT2D eigenvalue weighted by Crippen LogP contribution is 2.40. The maximum absolute atomic E-state index is 13.7. The highest BCUT2D eigenvalue weighted by Gasteiger charge is 2.47. The number of imidazole rings is 1. The van der Waals surface area contributed by atoms with Crippen molar-refractivity contribution in [1.29, 1.82) is 0 Å². The Morgan fingerprint density at radius 3 is 2.65 bits per heavy atom. The Morgan fingerprint density at radius 1 is 1.07 bits per heavy atom. The maximum Gasteiger partial charge on any atom is 0.254 e. The van der Waals surface area contributed by atoms with Crippen LogP contribution in [0, 0.1) is 11.8 Å². The highest BCUT2D eigenvalue weighted by molar-refractivity contribution is 6.00. The number of aliphatic hydroxyl groups excluding tert-OH is 1. The third kappa shape index (κ3) is 4.24. The summed E-state index contributed by atoms with van der Waals surface area (Å²) in [5, 5.41) is 10.7. The molecular formula is C34H36N6O3. The molecule has 3 aliphatic rings. The first-order valence-corrected chi connectivity index (χ1v) is 15.3. The van der Waals surface area contributed by atoms with E-state index in [2.05, 4.69) is 21.3 Å². The maximum atomic E-state index is 13.7. The van der Waals surface area contributed by atoms with Crippen molar-refractivity contribution in [1.82, 2.24) is 24.0 Å². The van der Waals surface area contributed by atoms with Gasteiger partial charge in [-0.1, -0.05) is 18.2 Å². The first-order chi connectivity index (χ1) is 20.9. The molecule has 2 aliphatic carbocycles. The van der Waals surface area contributed by atoms with E-state index in [0.29, 0.717) is 23.1 Å². The van der Waals surface area contributed by atoms with E-state index in [4.69, 9.17) is 20.4 Å². The fourth-order valence-corrected chi connectivity index (χ4v) is 7.31. The van der Waals surface area contributed by atoms with Crippen LogP contribution in [0.2, 0.25) is 0 Å². The van der Waals surface area contributed by atoms with Gasteiger partial charge in [0.25, 0.3) is 5.91 Å². The van der Waals surface area contributed by atoms with E-state index < -0.39 is 0 Å². The number of benzene rings is 2. The van der Waals surface area contributed by atoms with Gasteiger partial charge in [0.05, 0.1) is 30.6 Å². The van der Waals surface area contributed by atoms with Crippen LogP contribution < -0.4 is 10.5 Å². The van der Waals surface area contributed by atoms with Crippen molar-refractivity contribution in [2.24, 2.45) is 24.6 Å². The summed E-state index contributed by atoms with van der Waals surface area (Å²) in [6, 6.07) is 18.1. The van der Waals surface area contributed by atoms with Crippen molar-refractivity contribution in [2.45, 2.75) is 50.9 Å². The van der Waals surface area contributed by atoms with Gasteiger partial charge in [0.2, 0.25) is 0 Å². The van der Waals surface area contributed by atoms with E-state index in [1.165, 1.54) is 12.8 Å². The molecule has 43 heavy (non-hydrogen) atoms. The number of fused-ring (bicyclic) bond motifs is 4. The van der Waals surface area contributed by atoms with Gasteiger partial charge in [0.15, 0.2) is 5.82 Å². The number of nitrogens with zero attached hydrogens (tertiary/aromatic N) is 5. The van der Waals surface area contributed by atoms with E-state index in [1.807, 2.05) is 54.4 Å². The van der Waals surface area contributed by atoms with Crippen molar-refractivity contribution in [2.75, 3.05) is 13.7 Å². The average molecular weight is 577 g/mol. The van der Waals surface area contributed by atoms with Crippen LogP contribution in [0.3, 0.4) is 0 Å². The molecule has 8 rings (SSSR count). The minimum atomic E-state index is -0.00551. The number of ether oxygens (including phenoxy) is 1. The van der Waals surface area contributed by atoms with Gasteiger partial charge in [-0.15, -0.1) is 0 Å². The van der Waals surface area contributed by atoms with Gasteiger partial charge in [-0.25, -0.2) is 9.97 Å². The number of hydrogen-bond donors (Lipinski definition) is 2. The lowest BCUT2D eigenvalue weighted by Gasteiger charge is -2.27. The normalized spacial score (nSPS) is 21.4. The van der Waals surface area contributed by atoms with Crippen molar-refractivity contribution >= 4 is 28.0 Å². The van der Waals surface area contributed by atoms with Crippen LogP contribution >= 0.6 is 0 Å². The molecule has 3 fully saturated rings. The smallest absolute Gasteiger partial charge is 0.254 e. The van der Waals surface area contributed by atoms with Crippen molar-refractivity contribution in [3.8, 4) is 28.5 Å². The summed E-state index contributed by atoms with van der Waals surface area (Å²) < 4.78 is 10.2. The Bertz CT molecular complexity index is 1900. The molecule has 9 nitrogen and oxygen atoms in total. The summed E-state index contributed by atoms with van der Waals surface area (Å²) in [6.45, 7) is 1.58. The lowest BCUT2D eigenvalue weighted by Crippen LogP contribution is -2.41. The molecule has 4 heterocycles. The molecule has 1 amide bonds. The number of likely N-dealkylation sites (tertiary alicyclic amines) is 1. The van der Waals surface area contributed by atoms with E-state index in [0.717, 1.165) is 76.3 Å². The number of methoxy groups -OCH3 is 1. The van der Waals surface area contributed by atoms with Crippen LogP contribution in [0.25, 0.3) is 44.8 Å². The van der Waals surface area contributed by atoms with Gasteiger partial charge in [-0.05, 0) is 79.5 Å². The molecule has 9 heteroatoms. The first-order valence-electron chi connectivity index (χ1n) is 15.3. The van der Waals surface area contributed by atoms with Crippen LogP contribution in [-0.4, -0.2) is 60.8 Å². The zero-order chi connectivity index (χ0) is 29.4. The molecule has 220 valence electrons. The number of piperidine rings is 1. The predicted octanol–water partition coefficient (Wildman–Crippen LogP) is 4.73. The SMILES string of the molecule is COc1cc(C(=O)N2CC3CCC2C3N)cc2nc(-c3cc4ccc(-c5cccc(CO)c5)nc4n3CC3CC3)n(C)c12. The number of aryl methyl sites for hydroxylation is 1. The Balaban J connectivity index is 1.24. The van der Waals surface area contributed by atoms with Crippen molar-refractivity contribution in [3.05, 3.63) is 65.7 Å². The molecule has 2 bridgehead atoms. The monoisotopic (exact) mass is 576 g/mol. The molecule has 3 atom stereocenters. The summed E-state index contributed by atoms with van der Waals surface area (Å²) in [5.74, 6) is 2.45. The van der Waals surface area contributed by atoms with Crippen LogP contribution in [-0.2, 0) is 20.2 Å². The molecule has 5 aromatic rings. The lowest BCUT2D eigenvalue weighted by molar-refractivity contribution is 0.0700. The summed E-state index contributed by atoms with van der Waals surface area (Å²) in [5.41, 5.74) is 13.2. The molecule has 0 spiro atoms. The predicted molar refractivity (Wildman–Crippen MR) is 166 cm³/mol. The summed E-state index contributed by atoms with van der Waals surface area (Å²) >= 11 is 0. The zero-order valence-corrected chi connectivity index (χ0v) is 24.5. The molecule has 2 saturated carbocycles. The zero-order valence-electron chi connectivity index (χ0n) is 24.5. The standard InChI is InChI=1S/C34H36N6O3/c1-38-31-26(13-24(15-29(31)43-2)34(42)40-17-23-9-11-27(40)30(23)35)37-33(38)28-14-22-8-10-25(21-5-3-4-20(12-21)18-41)36-32(22)39(28)16-19-6-7-19/h3-5,8,10,12-15,19,23,27,30,41H,6-7,9,11,16-18,35H2,1-2H3. The molecule has 1 saturated heterocycles. The Morgan fingerprint density at radius 2 is 1.93 bits per heavy atom. The quantitative estimate of drug-likeness (QED) is 0.290. The molecule has 3 N–H and O–H groups in total. The van der Waals surface area contributed by atoms with Crippen molar-refractivity contribution < 1.29 is 14.6 Å². The van der Waals surface area contributed by atoms with E-state index in [1.54, 1.807) is 7.11 Å². The first kappa shape index (κ1) is 26.4. The number of carbonyl (C=O) groups excluding carboxylic acids is 1. The molecule has 3 aromatic heterocycles. The number of pyridine rings is 1. The Kier molecular flexibility index (Phi) is 6.10. The molecule has 0 radical (unpaired) electrons. The van der Waals surface area contributed by atoms with Gasteiger partial charge in [0.1, 0.15) is 16.9 Å². The summed E-state index contributed by atoms with van der Waals surface area (Å²) in [7, 11) is 3.65. The third-order valence-electron chi connectivity index (χ3n) is 9.83. The number of aliphatic hydroxyl groups is 1. The van der Waals surface area contributed by atoms with Crippen LogP contribution in [0.1, 0.15) is 41.6 Å². The fourth-order valence-electron chi connectivity index (χ4n) is 7.31. The minimum absolute atomic E-state index is 0.0000954. The molecule has 1 aliphatic heterocycles. The Hall–Kier alpha value is -4.21. The number of rotatable bonds is 7. The number of hydrogen-bond acceptors (Lipinski definition) is 6. The van der Waals surface area contributed by atoms with E-state index in [9.17, 15) is 9.90 Å². The van der Waals surface area contributed by atoms with Gasteiger partial charge in [0, 0.05) is 48.7 Å². The van der Waals surface area contributed by atoms with Crippen LogP contribution in [0.15, 0.2) is 54.6 Å². The summed E-state index contributed by atoms with van der Waals surface area (Å²) in [4.78, 5) is 25.9. The topological polar surface area (TPSA) is 111 Å². The largest absolute Gasteiger partial charge is 0.494 e. The number of aromatic nitrogens is 4. The van der Waals surface area contributed by atoms with E-state index in [-0.39, 0.29) is 24.6 Å². The highest BCUT2D eigenvalue weighted by atomic mass is 16.5.